The first-order chi connectivity index (χ1) is 8.56. The predicted molar refractivity (Wildman–Crippen MR) is 71.0 cm³/mol. The Morgan fingerprint density at radius 1 is 1.33 bits per heavy atom. The monoisotopic (exact) mass is 308 g/mol. The zero-order valence-electron chi connectivity index (χ0n) is 9.58. The lowest BCUT2D eigenvalue weighted by Gasteiger charge is -2.07. The lowest BCUT2D eigenvalue weighted by atomic mass is 10.2. The highest BCUT2D eigenvalue weighted by atomic mass is 79.9. The molecule has 0 fully saturated rings. The zero-order valence-corrected chi connectivity index (χ0v) is 11.2. The third kappa shape index (κ3) is 2.92. The summed E-state index contributed by atoms with van der Waals surface area (Å²) >= 11 is 3.37. The van der Waals surface area contributed by atoms with E-state index in [9.17, 15) is 9.18 Å². The van der Waals surface area contributed by atoms with Crippen molar-refractivity contribution in [2.24, 2.45) is 0 Å². The summed E-state index contributed by atoms with van der Waals surface area (Å²) in [6.45, 7) is 1.96. The number of rotatable bonds is 2. The average Bonchev–Trinajstić information content (AvgIpc) is 2.33. The number of nitrogens with zero attached hydrogens (tertiary/aromatic N) is 1. The molecule has 92 valence electrons. The number of aromatic nitrogens is 1. The van der Waals surface area contributed by atoms with Crippen LogP contribution in [-0.2, 0) is 0 Å². The summed E-state index contributed by atoms with van der Waals surface area (Å²) in [4.78, 5) is 15.3. The molecule has 1 N–H and O–H groups in total. The quantitative estimate of drug-likeness (QED) is 0.862. The number of aryl methyl sites for hydroxylation is 1. The van der Waals surface area contributed by atoms with Crippen molar-refractivity contribution >= 4 is 27.5 Å². The minimum atomic E-state index is -0.608. The molecule has 1 aromatic carbocycles. The molecule has 0 atom stereocenters. The van der Waals surface area contributed by atoms with E-state index in [1.807, 2.05) is 19.1 Å². The molecule has 2 rings (SSSR count). The Bertz CT molecular complexity index is 584. The van der Waals surface area contributed by atoms with E-state index in [2.05, 4.69) is 26.2 Å². The first-order valence-corrected chi connectivity index (χ1v) is 6.04. The highest BCUT2D eigenvalue weighted by Crippen LogP contribution is 2.23. The summed E-state index contributed by atoms with van der Waals surface area (Å²) in [7, 11) is 0. The number of anilines is 1. The van der Waals surface area contributed by atoms with Gasteiger partial charge in [0.05, 0.1) is 11.3 Å². The number of hydrogen-bond donors (Lipinski definition) is 1. The minimum Gasteiger partial charge on any atom is -0.321 e. The summed E-state index contributed by atoms with van der Waals surface area (Å²) < 4.78 is 13.4. The van der Waals surface area contributed by atoms with Crippen LogP contribution >= 0.6 is 15.9 Å². The van der Waals surface area contributed by atoms with E-state index >= 15 is 0 Å². The molecule has 0 unspecified atom stereocenters. The topological polar surface area (TPSA) is 42.0 Å². The summed E-state index contributed by atoms with van der Waals surface area (Å²) in [5.41, 5.74) is 2.06. The number of carbonyl (C=O) groups excluding carboxylic acids is 1. The van der Waals surface area contributed by atoms with E-state index in [1.54, 1.807) is 6.07 Å². The van der Waals surface area contributed by atoms with Gasteiger partial charge in [-0.15, -0.1) is 0 Å². The Kier molecular flexibility index (Phi) is 3.72. The van der Waals surface area contributed by atoms with Crippen LogP contribution in [-0.4, -0.2) is 10.9 Å². The summed E-state index contributed by atoms with van der Waals surface area (Å²) in [5.74, 6) is -0.935. The van der Waals surface area contributed by atoms with Crippen molar-refractivity contribution in [1.82, 2.24) is 4.98 Å². The zero-order chi connectivity index (χ0) is 13.1. The first-order valence-electron chi connectivity index (χ1n) is 5.25. The fourth-order valence-electron chi connectivity index (χ4n) is 1.43. The molecule has 5 heteroatoms. The Morgan fingerprint density at radius 3 is 2.72 bits per heavy atom. The lowest BCUT2D eigenvalue weighted by molar-refractivity contribution is 0.102. The number of nitrogens with one attached hydrogen (secondary N) is 1. The number of benzene rings is 1. The SMILES string of the molecule is Cc1ccc(NC(=O)c2ccc(F)nc2)c(Br)c1. The van der Waals surface area contributed by atoms with E-state index in [0.717, 1.165) is 16.1 Å². The molecule has 0 spiro atoms. The Hall–Kier alpha value is -1.75. The van der Waals surface area contributed by atoms with Gasteiger partial charge < -0.3 is 5.32 Å². The maximum atomic E-state index is 12.6. The molecule has 0 aliphatic rings. The van der Waals surface area contributed by atoms with Crippen LogP contribution < -0.4 is 5.32 Å². The molecule has 2 aromatic rings. The molecule has 1 amide bonds. The molecular weight excluding hydrogens is 299 g/mol. The predicted octanol–water partition coefficient (Wildman–Crippen LogP) is 3.54. The van der Waals surface area contributed by atoms with Crippen LogP contribution in [0.1, 0.15) is 15.9 Å². The Labute approximate surface area is 112 Å². The summed E-state index contributed by atoms with van der Waals surface area (Å²) in [6, 6.07) is 8.13. The van der Waals surface area contributed by atoms with Gasteiger partial charge in [0.1, 0.15) is 0 Å². The van der Waals surface area contributed by atoms with Crippen LogP contribution in [0.5, 0.6) is 0 Å². The highest BCUT2D eigenvalue weighted by molar-refractivity contribution is 9.10. The molecule has 0 saturated carbocycles. The smallest absolute Gasteiger partial charge is 0.257 e. The maximum absolute atomic E-state index is 12.6. The second-order valence-corrected chi connectivity index (χ2v) is 4.66. The van der Waals surface area contributed by atoms with E-state index in [4.69, 9.17) is 0 Å². The van der Waals surface area contributed by atoms with Gasteiger partial charge in [-0.25, -0.2) is 4.98 Å². The lowest BCUT2D eigenvalue weighted by Crippen LogP contribution is -2.12. The Morgan fingerprint density at radius 2 is 2.11 bits per heavy atom. The van der Waals surface area contributed by atoms with Crippen LogP contribution in [0, 0.1) is 12.9 Å². The highest BCUT2D eigenvalue weighted by Gasteiger charge is 2.08. The number of carbonyl (C=O) groups is 1. The fourth-order valence-corrected chi connectivity index (χ4v) is 2.02. The molecule has 0 aliphatic carbocycles. The standard InChI is InChI=1S/C13H10BrFN2O/c1-8-2-4-11(10(14)6-8)17-13(18)9-3-5-12(15)16-7-9/h2-7H,1H3,(H,17,18). The van der Waals surface area contributed by atoms with E-state index in [1.165, 1.54) is 12.3 Å². The third-order valence-electron chi connectivity index (χ3n) is 2.36. The van der Waals surface area contributed by atoms with Gasteiger partial charge in [-0.1, -0.05) is 6.07 Å². The molecule has 0 radical (unpaired) electrons. The number of hydrogen-bond acceptors (Lipinski definition) is 2. The molecule has 1 aromatic heterocycles. The summed E-state index contributed by atoms with van der Waals surface area (Å²) in [6.07, 6.45) is 1.20. The van der Waals surface area contributed by atoms with Crippen molar-refractivity contribution in [1.29, 1.82) is 0 Å². The third-order valence-corrected chi connectivity index (χ3v) is 3.02. The molecule has 18 heavy (non-hydrogen) atoms. The van der Waals surface area contributed by atoms with Gasteiger partial charge in [-0.2, -0.15) is 4.39 Å². The minimum absolute atomic E-state index is 0.309. The van der Waals surface area contributed by atoms with Gasteiger partial charge >= 0.3 is 0 Å². The van der Waals surface area contributed by atoms with Crippen molar-refractivity contribution in [3.8, 4) is 0 Å². The van der Waals surface area contributed by atoms with Gasteiger partial charge in [0.15, 0.2) is 0 Å². The van der Waals surface area contributed by atoms with E-state index in [0.29, 0.717) is 11.3 Å². The van der Waals surface area contributed by atoms with Crippen molar-refractivity contribution in [3.05, 3.63) is 58.1 Å². The van der Waals surface area contributed by atoms with E-state index in [-0.39, 0.29) is 5.91 Å². The molecular formula is C13H10BrFN2O. The normalized spacial score (nSPS) is 10.2. The van der Waals surface area contributed by atoms with Crippen molar-refractivity contribution in [2.45, 2.75) is 6.92 Å². The van der Waals surface area contributed by atoms with Crippen LogP contribution in [0.4, 0.5) is 10.1 Å². The van der Waals surface area contributed by atoms with Crippen LogP contribution in [0.25, 0.3) is 0 Å². The number of halogens is 2. The number of amides is 1. The average molecular weight is 309 g/mol. The fraction of sp³-hybridized carbons (Fsp3) is 0.0769. The van der Waals surface area contributed by atoms with Crippen molar-refractivity contribution in [2.75, 3.05) is 5.32 Å². The molecule has 0 bridgehead atoms. The van der Waals surface area contributed by atoms with Crippen LogP contribution in [0.3, 0.4) is 0 Å². The van der Waals surface area contributed by atoms with Gasteiger partial charge in [0, 0.05) is 10.7 Å². The van der Waals surface area contributed by atoms with Gasteiger partial charge in [-0.05, 0) is 52.7 Å². The van der Waals surface area contributed by atoms with Crippen LogP contribution in [0.2, 0.25) is 0 Å². The van der Waals surface area contributed by atoms with Crippen molar-refractivity contribution in [3.63, 3.8) is 0 Å². The van der Waals surface area contributed by atoms with E-state index < -0.39 is 5.95 Å². The second kappa shape index (κ2) is 5.27. The van der Waals surface area contributed by atoms with Crippen molar-refractivity contribution < 1.29 is 9.18 Å². The molecule has 0 aliphatic heterocycles. The Balaban J connectivity index is 2.18. The molecule has 3 nitrogen and oxygen atoms in total. The maximum Gasteiger partial charge on any atom is 0.257 e. The number of pyridine rings is 1. The van der Waals surface area contributed by atoms with Gasteiger partial charge in [0.25, 0.3) is 5.91 Å². The summed E-state index contributed by atoms with van der Waals surface area (Å²) in [5, 5.41) is 2.72. The van der Waals surface area contributed by atoms with Gasteiger partial charge in [-0.3, -0.25) is 4.79 Å². The second-order valence-electron chi connectivity index (χ2n) is 3.81. The largest absolute Gasteiger partial charge is 0.321 e. The van der Waals surface area contributed by atoms with Gasteiger partial charge in [0.2, 0.25) is 5.95 Å². The first kappa shape index (κ1) is 12.7. The molecule has 1 heterocycles. The van der Waals surface area contributed by atoms with Crippen LogP contribution in [0.15, 0.2) is 41.0 Å². The molecule has 0 saturated heterocycles.